The highest BCUT2D eigenvalue weighted by molar-refractivity contribution is 6.30. The summed E-state index contributed by atoms with van der Waals surface area (Å²) in [5.41, 5.74) is 3.52. The van der Waals surface area contributed by atoms with E-state index in [1.807, 2.05) is 54.6 Å². The van der Waals surface area contributed by atoms with Crippen molar-refractivity contribution >= 4 is 23.3 Å². The molecule has 26 heavy (non-hydrogen) atoms. The number of hydrogen-bond acceptors (Lipinski definition) is 3. The van der Waals surface area contributed by atoms with Crippen LogP contribution in [0.25, 0.3) is 16.9 Å². The second kappa shape index (κ2) is 8.37. The summed E-state index contributed by atoms with van der Waals surface area (Å²) < 4.78 is 5.23. The molecule has 0 fully saturated rings. The van der Waals surface area contributed by atoms with E-state index in [0.29, 0.717) is 10.6 Å². The Morgan fingerprint density at radius 1 is 0.923 bits per heavy atom. The van der Waals surface area contributed by atoms with Crippen LogP contribution < -0.4 is 0 Å². The number of aliphatic hydroxyl groups excluding tert-OH is 1. The number of rotatable bonds is 5. The Morgan fingerprint density at radius 3 is 2.35 bits per heavy atom. The number of ether oxygens (including phenoxy) is 1. The molecule has 0 heterocycles. The Labute approximate surface area is 157 Å². The summed E-state index contributed by atoms with van der Waals surface area (Å²) >= 11 is 5.80. The molecule has 0 amide bonds. The van der Waals surface area contributed by atoms with E-state index in [1.165, 1.54) is 0 Å². The molecule has 0 bridgehead atoms. The van der Waals surface area contributed by atoms with Crippen molar-refractivity contribution in [3.05, 3.63) is 101 Å². The van der Waals surface area contributed by atoms with Gasteiger partial charge in [-0.25, -0.2) is 4.79 Å². The van der Waals surface area contributed by atoms with Crippen LogP contribution >= 0.6 is 11.6 Å². The molecule has 4 heteroatoms. The normalized spacial score (nSPS) is 11.2. The highest BCUT2D eigenvalue weighted by Gasteiger charge is 2.06. The van der Waals surface area contributed by atoms with Crippen molar-refractivity contribution in [3.63, 3.8) is 0 Å². The summed E-state index contributed by atoms with van der Waals surface area (Å²) in [5, 5.41) is 10.5. The molecule has 0 unspecified atom stereocenters. The van der Waals surface area contributed by atoms with E-state index in [4.69, 9.17) is 16.3 Å². The fourth-order valence-electron chi connectivity index (χ4n) is 2.48. The van der Waals surface area contributed by atoms with Crippen LogP contribution in [0.3, 0.4) is 0 Å². The molecule has 0 atom stereocenters. The van der Waals surface area contributed by atoms with Crippen LogP contribution in [0.1, 0.15) is 11.1 Å². The van der Waals surface area contributed by atoms with Gasteiger partial charge in [0.1, 0.15) is 12.4 Å². The first-order chi connectivity index (χ1) is 12.6. The van der Waals surface area contributed by atoms with Gasteiger partial charge in [-0.3, -0.25) is 0 Å². The van der Waals surface area contributed by atoms with Crippen LogP contribution in [0, 0.1) is 0 Å². The van der Waals surface area contributed by atoms with Gasteiger partial charge in [-0.15, -0.1) is 0 Å². The molecule has 0 spiro atoms. The highest BCUT2D eigenvalue weighted by atomic mass is 35.5. The van der Waals surface area contributed by atoms with Gasteiger partial charge >= 0.3 is 5.97 Å². The summed E-state index contributed by atoms with van der Waals surface area (Å²) in [7, 11) is 0. The van der Waals surface area contributed by atoms with Gasteiger partial charge in [0, 0.05) is 10.6 Å². The highest BCUT2D eigenvalue weighted by Crippen LogP contribution is 2.20. The lowest BCUT2D eigenvalue weighted by atomic mass is 10.0. The van der Waals surface area contributed by atoms with Crippen molar-refractivity contribution in [1.29, 1.82) is 0 Å². The van der Waals surface area contributed by atoms with Gasteiger partial charge in [0.15, 0.2) is 0 Å². The average molecular weight is 365 g/mol. The quantitative estimate of drug-likeness (QED) is 0.361. The summed E-state index contributed by atoms with van der Waals surface area (Å²) in [6, 6.07) is 24.3. The van der Waals surface area contributed by atoms with Gasteiger partial charge in [0.25, 0.3) is 0 Å². The van der Waals surface area contributed by atoms with Crippen LogP contribution in [0.2, 0.25) is 5.02 Å². The number of hydrogen-bond donors (Lipinski definition) is 1. The second-order valence-corrected chi connectivity index (χ2v) is 6.15. The Kier molecular flexibility index (Phi) is 5.72. The summed E-state index contributed by atoms with van der Waals surface area (Å²) in [6.07, 6.45) is 1.06. The van der Waals surface area contributed by atoms with Gasteiger partial charge < -0.3 is 9.84 Å². The maximum absolute atomic E-state index is 11.9. The third kappa shape index (κ3) is 4.74. The number of carbonyl (C=O) groups is 1. The van der Waals surface area contributed by atoms with Crippen molar-refractivity contribution in [2.24, 2.45) is 0 Å². The molecule has 3 aromatic carbocycles. The van der Waals surface area contributed by atoms with E-state index >= 15 is 0 Å². The van der Waals surface area contributed by atoms with Gasteiger partial charge in [-0.05, 0) is 47.0 Å². The Bertz CT molecular complexity index is 916. The summed E-state index contributed by atoms with van der Waals surface area (Å²) in [4.78, 5) is 11.9. The number of halogens is 1. The first-order valence-corrected chi connectivity index (χ1v) is 8.47. The molecule has 1 N–H and O–H groups in total. The van der Waals surface area contributed by atoms with Crippen LogP contribution in [0.15, 0.2) is 84.9 Å². The first-order valence-electron chi connectivity index (χ1n) is 8.09. The smallest absolute Gasteiger partial charge is 0.334 e. The fourth-order valence-corrected chi connectivity index (χ4v) is 2.61. The molecule has 130 valence electrons. The van der Waals surface area contributed by atoms with Crippen molar-refractivity contribution in [2.75, 3.05) is 0 Å². The SMILES string of the molecule is O=C(/C=C(\O)c1ccc(Cl)cc1)OCc1cccc(-c2ccccc2)c1. The first kappa shape index (κ1) is 17.8. The molecule has 0 saturated heterocycles. The van der Waals surface area contributed by atoms with E-state index in [0.717, 1.165) is 22.8 Å². The number of aliphatic hydroxyl groups is 1. The van der Waals surface area contributed by atoms with E-state index < -0.39 is 5.97 Å². The molecule has 0 aliphatic rings. The Morgan fingerprint density at radius 2 is 1.62 bits per heavy atom. The van der Waals surface area contributed by atoms with Crippen LogP contribution in [-0.2, 0) is 16.1 Å². The maximum atomic E-state index is 11.9. The lowest BCUT2D eigenvalue weighted by Gasteiger charge is -2.06. The van der Waals surface area contributed by atoms with Crippen molar-refractivity contribution in [3.8, 4) is 11.1 Å². The van der Waals surface area contributed by atoms with E-state index in [9.17, 15) is 9.90 Å². The topological polar surface area (TPSA) is 46.5 Å². The van der Waals surface area contributed by atoms with Crippen molar-refractivity contribution < 1.29 is 14.6 Å². The third-order valence-electron chi connectivity index (χ3n) is 3.81. The Hall–Kier alpha value is -3.04. The van der Waals surface area contributed by atoms with Gasteiger partial charge in [-0.1, -0.05) is 60.1 Å². The van der Waals surface area contributed by atoms with Crippen molar-refractivity contribution in [2.45, 2.75) is 6.61 Å². The molecule has 0 aliphatic carbocycles. The zero-order chi connectivity index (χ0) is 18.4. The molecular formula is C22H17ClO3. The molecular weight excluding hydrogens is 348 g/mol. The standard InChI is InChI=1S/C22H17ClO3/c23-20-11-9-18(10-12-20)21(24)14-22(25)26-15-16-5-4-8-19(13-16)17-6-2-1-3-7-17/h1-14,24H,15H2/b21-14-. The van der Waals surface area contributed by atoms with E-state index in [2.05, 4.69) is 0 Å². The van der Waals surface area contributed by atoms with E-state index in [-0.39, 0.29) is 12.4 Å². The van der Waals surface area contributed by atoms with Gasteiger partial charge in [-0.2, -0.15) is 0 Å². The predicted molar refractivity (Wildman–Crippen MR) is 104 cm³/mol. The maximum Gasteiger partial charge on any atom is 0.334 e. The molecule has 3 aromatic rings. The monoisotopic (exact) mass is 364 g/mol. The third-order valence-corrected chi connectivity index (χ3v) is 4.06. The predicted octanol–water partition coefficient (Wildman–Crippen LogP) is 5.65. The largest absolute Gasteiger partial charge is 0.507 e. The lowest BCUT2D eigenvalue weighted by Crippen LogP contribution is -2.02. The molecule has 0 radical (unpaired) electrons. The van der Waals surface area contributed by atoms with Crippen molar-refractivity contribution in [1.82, 2.24) is 0 Å². The minimum atomic E-state index is -0.609. The van der Waals surface area contributed by atoms with Gasteiger partial charge in [0.05, 0.1) is 6.08 Å². The second-order valence-electron chi connectivity index (χ2n) is 5.71. The van der Waals surface area contributed by atoms with E-state index in [1.54, 1.807) is 24.3 Å². The average Bonchev–Trinajstić information content (AvgIpc) is 2.68. The lowest BCUT2D eigenvalue weighted by molar-refractivity contribution is -0.139. The minimum Gasteiger partial charge on any atom is -0.507 e. The summed E-state index contributed by atoms with van der Waals surface area (Å²) in [6.45, 7) is 0.129. The van der Waals surface area contributed by atoms with Crippen LogP contribution in [0.5, 0.6) is 0 Å². The minimum absolute atomic E-state index is 0.129. The number of carbonyl (C=O) groups excluding carboxylic acids is 1. The Balaban J connectivity index is 1.64. The molecule has 3 rings (SSSR count). The molecule has 0 aliphatic heterocycles. The molecule has 3 nitrogen and oxygen atoms in total. The zero-order valence-corrected chi connectivity index (χ0v) is 14.7. The zero-order valence-electron chi connectivity index (χ0n) is 13.9. The summed E-state index contributed by atoms with van der Waals surface area (Å²) in [5.74, 6) is -0.771. The fraction of sp³-hybridized carbons (Fsp3) is 0.0455. The molecule has 0 saturated carbocycles. The van der Waals surface area contributed by atoms with Gasteiger partial charge in [0.2, 0.25) is 0 Å². The van der Waals surface area contributed by atoms with Crippen LogP contribution in [0.4, 0.5) is 0 Å². The molecule has 0 aromatic heterocycles. The number of esters is 1. The number of benzene rings is 3. The van der Waals surface area contributed by atoms with Crippen LogP contribution in [-0.4, -0.2) is 11.1 Å².